The Morgan fingerprint density at radius 3 is 2.82 bits per heavy atom. The van der Waals surface area contributed by atoms with Gasteiger partial charge in [0.25, 0.3) is 0 Å². The van der Waals surface area contributed by atoms with Crippen molar-refractivity contribution in [2.24, 2.45) is 0 Å². The number of aromatic nitrogens is 1. The molecule has 1 fully saturated rings. The van der Waals surface area contributed by atoms with Crippen LogP contribution in [0.15, 0.2) is 5.51 Å². The molecule has 1 unspecified atom stereocenters. The van der Waals surface area contributed by atoms with Crippen LogP contribution in [0, 0.1) is 6.92 Å². The first-order chi connectivity index (χ1) is 8.25. The van der Waals surface area contributed by atoms with Gasteiger partial charge < -0.3 is 10.2 Å². The lowest BCUT2D eigenvalue weighted by Crippen LogP contribution is -2.41. The maximum Gasteiger partial charge on any atom is 0.0798 e. The molecule has 2 rings (SSSR count). The fraction of sp³-hybridized carbons (Fsp3) is 0.769. The maximum absolute atomic E-state index is 4.28. The molecule has 1 aromatic rings. The van der Waals surface area contributed by atoms with E-state index in [9.17, 15) is 0 Å². The van der Waals surface area contributed by atoms with Crippen molar-refractivity contribution in [3.05, 3.63) is 16.1 Å². The van der Waals surface area contributed by atoms with E-state index in [0.717, 1.165) is 6.54 Å². The third kappa shape index (κ3) is 4.05. The number of hydrogen-bond donors (Lipinski definition) is 1. The summed E-state index contributed by atoms with van der Waals surface area (Å²) in [5.41, 5.74) is 3.11. The summed E-state index contributed by atoms with van der Waals surface area (Å²) in [5, 5.41) is 3.60. The molecule has 17 heavy (non-hydrogen) atoms. The first kappa shape index (κ1) is 13.0. The molecule has 4 heteroatoms. The second kappa shape index (κ2) is 6.47. The Hall–Kier alpha value is -0.450. The van der Waals surface area contributed by atoms with Gasteiger partial charge >= 0.3 is 0 Å². The summed E-state index contributed by atoms with van der Waals surface area (Å²) in [7, 11) is 0. The topological polar surface area (TPSA) is 28.2 Å². The molecule has 0 spiro atoms. The van der Waals surface area contributed by atoms with E-state index in [2.05, 4.69) is 29.0 Å². The lowest BCUT2D eigenvalue weighted by atomic mass is 10.1. The van der Waals surface area contributed by atoms with Crippen LogP contribution in [0.5, 0.6) is 0 Å². The summed E-state index contributed by atoms with van der Waals surface area (Å²) in [6, 6.07) is 0.564. The van der Waals surface area contributed by atoms with Crippen LogP contribution < -0.4 is 5.32 Å². The zero-order valence-corrected chi connectivity index (χ0v) is 11.7. The molecule has 0 bridgehead atoms. The van der Waals surface area contributed by atoms with Gasteiger partial charge in [-0.2, -0.15) is 0 Å². The number of rotatable bonds is 5. The summed E-state index contributed by atoms with van der Waals surface area (Å²) in [5.74, 6) is 0. The Morgan fingerprint density at radius 1 is 1.41 bits per heavy atom. The van der Waals surface area contributed by atoms with Crippen LogP contribution in [-0.4, -0.2) is 35.6 Å². The molecule has 0 aliphatic carbocycles. The van der Waals surface area contributed by atoms with Crippen molar-refractivity contribution in [2.45, 2.75) is 45.7 Å². The monoisotopic (exact) mass is 253 g/mol. The van der Waals surface area contributed by atoms with E-state index in [0.29, 0.717) is 6.04 Å². The van der Waals surface area contributed by atoms with Gasteiger partial charge in [-0.3, -0.25) is 0 Å². The average molecular weight is 253 g/mol. The second-order valence-corrected chi connectivity index (χ2v) is 5.94. The van der Waals surface area contributed by atoms with Crippen molar-refractivity contribution in [2.75, 3.05) is 19.6 Å². The molecule has 1 aromatic heterocycles. The molecule has 1 atom stereocenters. The molecule has 1 aliphatic heterocycles. The zero-order chi connectivity index (χ0) is 12.1. The largest absolute Gasteiger partial charge is 0.308 e. The minimum absolute atomic E-state index is 0.564. The molecule has 0 radical (unpaired) electrons. The van der Waals surface area contributed by atoms with E-state index in [1.807, 2.05) is 5.51 Å². The SMILES string of the molecule is Cc1ncsc1CNC(C)CN1CCCCC1. The van der Waals surface area contributed by atoms with Crippen molar-refractivity contribution in [1.29, 1.82) is 0 Å². The summed E-state index contributed by atoms with van der Waals surface area (Å²) >= 11 is 1.75. The van der Waals surface area contributed by atoms with Crippen molar-refractivity contribution >= 4 is 11.3 Å². The predicted molar refractivity (Wildman–Crippen MR) is 73.4 cm³/mol. The minimum Gasteiger partial charge on any atom is -0.308 e. The Labute approximate surface area is 108 Å². The van der Waals surface area contributed by atoms with Crippen LogP contribution in [0.1, 0.15) is 36.8 Å². The van der Waals surface area contributed by atoms with Gasteiger partial charge in [-0.05, 0) is 39.8 Å². The fourth-order valence-corrected chi connectivity index (χ4v) is 3.08. The van der Waals surface area contributed by atoms with Crippen molar-refractivity contribution < 1.29 is 0 Å². The van der Waals surface area contributed by atoms with Crippen LogP contribution in [0.4, 0.5) is 0 Å². The van der Waals surface area contributed by atoms with E-state index in [1.165, 1.54) is 49.5 Å². The molecule has 0 saturated carbocycles. The molecule has 1 N–H and O–H groups in total. The van der Waals surface area contributed by atoms with Crippen LogP contribution in [0.3, 0.4) is 0 Å². The molecule has 1 aliphatic rings. The highest BCUT2D eigenvalue weighted by Crippen LogP contribution is 2.12. The van der Waals surface area contributed by atoms with E-state index >= 15 is 0 Å². The highest BCUT2D eigenvalue weighted by atomic mass is 32.1. The Kier molecular flexibility index (Phi) is 4.95. The van der Waals surface area contributed by atoms with E-state index < -0.39 is 0 Å². The Morgan fingerprint density at radius 2 is 2.18 bits per heavy atom. The molecule has 2 heterocycles. The first-order valence-electron chi connectivity index (χ1n) is 6.60. The molecule has 96 valence electrons. The number of thiazole rings is 1. The molecule has 0 amide bonds. The molecular formula is C13H23N3S. The second-order valence-electron chi connectivity index (χ2n) is 5.00. The predicted octanol–water partition coefficient (Wildman–Crippen LogP) is 2.42. The highest BCUT2D eigenvalue weighted by Gasteiger charge is 2.13. The summed E-state index contributed by atoms with van der Waals surface area (Å²) in [6.07, 6.45) is 4.17. The van der Waals surface area contributed by atoms with E-state index in [-0.39, 0.29) is 0 Å². The summed E-state index contributed by atoms with van der Waals surface area (Å²) in [4.78, 5) is 8.23. The fourth-order valence-electron chi connectivity index (χ4n) is 2.36. The number of nitrogens with zero attached hydrogens (tertiary/aromatic N) is 2. The average Bonchev–Trinajstić information content (AvgIpc) is 2.74. The first-order valence-corrected chi connectivity index (χ1v) is 7.48. The summed E-state index contributed by atoms with van der Waals surface area (Å²) < 4.78 is 0. The highest BCUT2D eigenvalue weighted by molar-refractivity contribution is 7.09. The minimum atomic E-state index is 0.564. The van der Waals surface area contributed by atoms with Crippen LogP contribution >= 0.6 is 11.3 Å². The Balaban J connectivity index is 1.70. The normalized spacial score (nSPS) is 19.4. The van der Waals surface area contributed by atoms with Crippen molar-refractivity contribution in [1.82, 2.24) is 15.2 Å². The number of nitrogens with one attached hydrogen (secondary N) is 1. The molecule has 0 aromatic carbocycles. The third-order valence-electron chi connectivity index (χ3n) is 3.44. The van der Waals surface area contributed by atoms with Gasteiger partial charge in [0.1, 0.15) is 0 Å². The van der Waals surface area contributed by atoms with Crippen LogP contribution in [0.25, 0.3) is 0 Å². The number of aryl methyl sites for hydroxylation is 1. The van der Waals surface area contributed by atoms with Gasteiger partial charge in [-0.1, -0.05) is 6.42 Å². The van der Waals surface area contributed by atoms with Gasteiger partial charge in [0, 0.05) is 24.0 Å². The zero-order valence-electron chi connectivity index (χ0n) is 10.9. The lowest BCUT2D eigenvalue weighted by Gasteiger charge is -2.29. The van der Waals surface area contributed by atoms with Gasteiger partial charge in [0.05, 0.1) is 11.2 Å². The molecular weight excluding hydrogens is 230 g/mol. The third-order valence-corrected chi connectivity index (χ3v) is 4.37. The molecule has 3 nitrogen and oxygen atoms in total. The van der Waals surface area contributed by atoms with Gasteiger partial charge in [-0.25, -0.2) is 4.98 Å². The Bertz CT molecular complexity index is 331. The van der Waals surface area contributed by atoms with Gasteiger partial charge in [0.2, 0.25) is 0 Å². The number of piperidine rings is 1. The van der Waals surface area contributed by atoms with Crippen LogP contribution in [0.2, 0.25) is 0 Å². The smallest absolute Gasteiger partial charge is 0.0798 e. The standard InChI is InChI=1S/C13H23N3S/c1-11(9-16-6-4-3-5-7-16)14-8-13-12(2)15-10-17-13/h10-11,14H,3-9H2,1-2H3. The van der Waals surface area contributed by atoms with Gasteiger partial charge in [-0.15, -0.1) is 11.3 Å². The van der Waals surface area contributed by atoms with Crippen molar-refractivity contribution in [3.8, 4) is 0 Å². The van der Waals surface area contributed by atoms with E-state index in [1.54, 1.807) is 11.3 Å². The quantitative estimate of drug-likeness (QED) is 0.873. The van der Waals surface area contributed by atoms with E-state index in [4.69, 9.17) is 0 Å². The number of hydrogen-bond acceptors (Lipinski definition) is 4. The van der Waals surface area contributed by atoms with Gasteiger partial charge in [0.15, 0.2) is 0 Å². The maximum atomic E-state index is 4.28. The lowest BCUT2D eigenvalue weighted by molar-refractivity contribution is 0.209. The van der Waals surface area contributed by atoms with Crippen LogP contribution in [-0.2, 0) is 6.54 Å². The number of likely N-dealkylation sites (tertiary alicyclic amines) is 1. The van der Waals surface area contributed by atoms with Crippen molar-refractivity contribution in [3.63, 3.8) is 0 Å². The summed E-state index contributed by atoms with van der Waals surface area (Å²) in [6.45, 7) is 9.08. The molecule has 1 saturated heterocycles.